The Balaban J connectivity index is 0.00000133. The summed E-state index contributed by atoms with van der Waals surface area (Å²) in [7, 11) is 0. The molecule has 0 amide bonds. The van der Waals surface area contributed by atoms with Gasteiger partial charge in [0.05, 0.1) is 0 Å². The first-order valence-corrected chi connectivity index (χ1v) is 5.77. The topological polar surface area (TPSA) is 12.9 Å². The molecule has 3 rings (SSSR count). The van der Waals surface area contributed by atoms with Crippen molar-refractivity contribution in [2.45, 2.75) is 6.92 Å². The van der Waals surface area contributed by atoms with Gasteiger partial charge >= 0.3 is 0 Å². The van der Waals surface area contributed by atoms with Crippen LogP contribution in [0.25, 0.3) is 22.0 Å². The van der Waals surface area contributed by atoms with Gasteiger partial charge in [-0.3, -0.25) is 4.98 Å². The van der Waals surface area contributed by atoms with E-state index in [0.717, 1.165) is 22.0 Å². The maximum Gasteiger partial charge on any atom is 0.0447 e. The first-order valence-electron chi connectivity index (χ1n) is 5.77. The van der Waals surface area contributed by atoms with Gasteiger partial charge in [0, 0.05) is 37.6 Å². The van der Waals surface area contributed by atoms with Crippen LogP contribution in [0.2, 0.25) is 0 Å². The van der Waals surface area contributed by atoms with Gasteiger partial charge in [0.1, 0.15) is 0 Å². The number of nitrogens with zero attached hydrogens (tertiary/aromatic N) is 1. The minimum atomic E-state index is -0.211. The van der Waals surface area contributed by atoms with Crippen LogP contribution in [0.1, 0.15) is 5.56 Å². The Hall–Kier alpha value is -1.57. The van der Waals surface area contributed by atoms with E-state index in [2.05, 4.69) is 11.1 Å². The number of benzene rings is 2. The number of aryl methyl sites for hydroxylation is 1. The van der Waals surface area contributed by atoms with Crippen molar-refractivity contribution in [3.8, 4) is 11.1 Å². The fraction of sp³-hybridized carbons (Fsp3) is 0.0625. The standard InChI is InChI=1S/C16H11FN.Ir/c1-11-7-8-13(10-15(11)17)14-6-2-4-12-5-3-9-18-16(12)14;/h2-7,9-10H,1H3;/q-1;. The van der Waals surface area contributed by atoms with Crippen molar-refractivity contribution in [3.63, 3.8) is 0 Å². The Labute approximate surface area is 124 Å². The Morgan fingerprint density at radius 3 is 2.74 bits per heavy atom. The number of hydrogen-bond acceptors (Lipinski definition) is 1. The maximum absolute atomic E-state index is 13.6. The van der Waals surface area contributed by atoms with Crippen molar-refractivity contribution in [2.75, 3.05) is 0 Å². The van der Waals surface area contributed by atoms with E-state index in [-0.39, 0.29) is 25.9 Å². The zero-order chi connectivity index (χ0) is 12.5. The minimum absolute atomic E-state index is 0. The van der Waals surface area contributed by atoms with E-state index in [1.54, 1.807) is 19.2 Å². The summed E-state index contributed by atoms with van der Waals surface area (Å²) in [6.07, 6.45) is 1.75. The number of aromatic nitrogens is 1. The van der Waals surface area contributed by atoms with E-state index < -0.39 is 0 Å². The van der Waals surface area contributed by atoms with Crippen LogP contribution in [-0.4, -0.2) is 4.98 Å². The Morgan fingerprint density at radius 2 is 1.95 bits per heavy atom. The van der Waals surface area contributed by atoms with E-state index in [0.29, 0.717) is 5.56 Å². The van der Waals surface area contributed by atoms with E-state index in [1.807, 2.05) is 30.3 Å². The molecule has 0 saturated carbocycles. The molecule has 0 bridgehead atoms. The van der Waals surface area contributed by atoms with E-state index in [1.165, 1.54) is 6.07 Å². The van der Waals surface area contributed by atoms with Crippen LogP contribution in [0.4, 0.5) is 4.39 Å². The molecule has 0 fully saturated rings. The monoisotopic (exact) mass is 429 g/mol. The maximum atomic E-state index is 13.6. The molecule has 1 radical (unpaired) electrons. The average Bonchev–Trinajstić information content (AvgIpc) is 2.41. The van der Waals surface area contributed by atoms with Crippen LogP contribution >= 0.6 is 0 Å². The molecule has 0 aliphatic rings. The smallest absolute Gasteiger partial charge is 0.0447 e. The number of para-hydroxylation sites is 1. The summed E-state index contributed by atoms with van der Waals surface area (Å²) in [5.74, 6) is -0.211. The van der Waals surface area contributed by atoms with Crippen LogP contribution in [0.15, 0.2) is 48.7 Å². The second kappa shape index (κ2) is 5.60. The molecule has 19 heavy (non-hydrogen) atoms. The summed E-state index contributed by atoms with van der Waals surface area (Å²) < 4.78 is 13.6. The van der Waals surface area contributed by atoms with Crippen LogP contribution in [-0.2, 0) is 20.1 Å². The molecule has 1 heterocycles. The number of hydrogen-bond donors (Lipinski definition) is 0. The first-order chi connectivity index (χ1) is 8.75. The molecule has 0 unspecified atom stereocenters. The number of rotatable bonds is 1. The summed E-state index contributed by atoms with van der Waals surface area (Å²) in [5.41, 5.74) is 3.13. The average molecular weight is 428 g/mol. The summed E-state index contributed by atoms with van der Waals surface area (Å²) in [4.78, 5) is 4.37. The molecule has 0 aliphatic carbocycles. The molecule has 0 saturated heterocycles. The summed E-state index contributed by atoms with van der Waals surface area (Å²) in [5, 5.41) is 1.05. The van der Waals surface area contributed by atoms with Crippen LogP contribution in [0.5, 0.6) is 0 Å². The molecular formula is C16H11FIrN-. The Bertz CT molecular complexity index is 720. The third-order valence-corrected chi connectivity index (χ3v) is 3.01. The zero-order valence-electron chi connectivity index (χ0n) is 10.3. The van der Waals surface area contributed by atoms with Gasteiger partial charge in [-0.2, -0.15) is 0 Å². The second-order valence-corrected chi connectivity index (χ2v) is 4.26. The van der Waals surface area contributed by atoms with E-state index >= 15 is 0 Å². The molecule has 97 valence electrons. The van der Waals surface area contributed by atoms with Gasteiger partial charge in [-0.15, -0.1) is 23.8 Å². The van der Waals surface area contributed by atoms with Crippen LogP contribution in [0.3, 0.4) is 0 Å². The molecule has 3 heteroatoms. The molecule has 2 aromatic carbocycles. The fourth-order valence-corrected chi connectivity index (χ4v) is 2.01. The quantitative estimate of drug-likeness (QED) is 0.531. The number of pyridine rings is 1. The zero-order valence-corrected chi connectivity index (χ0v) is 12.7. The van der Waals surface area contributed by atoms with Gasteiger partial charge in [0.25, 0.3) is 0 Å². The molecule has 1 aromatic heterocycles. The van der Waals surface area contributed by atoms with Crippen molar-refractivity contribution in [2.24, 2.45) is 0 Å². The first kappa shape index (κ1) is 13.9. The predicted octanol–water partition coefficient (Wildman–Crippen LogP) is 4.15. The molecule has 0 spiro atoms. The van der Waals surface area contributed by atoms with Gasteiger partial charge in [-0.05, 0) is 11.5 Å². The van der Waals surface area contributed by atoms with Gasteiger partial charge in [0.2, 0.25) is 0 Å². The Kier molecular flexibility index (Phi) is 4.08. The summed E-state index contributed by atoms with van der Waals surface area (Å²) in [6, 6.07) is 16.1. The van der Waals surface area contributed by atoms with Crippen molar-refractivity contribution in [1.29, 1.82) is 0 Å². The third kappa shape index (κ3) is 2.58. The summed E-state index contributed by atoms with van der Waals surface area (Å²) in [6.45, 7) is 1.73. The van der Waals surface area contributed by atoms with Crippen molar-refractivity contribution in [3.05, 3.63) is 66.1 Å². The van der Waals surface area contributed by atoms with E-state index in [4.69, 9.17) is 0 Å². The van der Waals surface area contributed by atoms with Gasteiger partial charge in [-0.25, -0.2) is 4.39 Å². The van der Waals surface area contributed by atoms with Crippen LogP contribution in [0, 0.1) is 18.8 Å². The van der Waals surface area contributed by atoms with Gasteiger partial charge < -0.3 is 0 Å². The predicted molar refractivity (Wildman–Crippen MR) is 70.7 cm³/mol. The van der Waals surface area contributed by atoms with Crippen LogP contribution < -0.4 is 0 Å². The summed E-state index contributed by atoms with van der Waals surface area (Å²) >= 11 is 0. The molecule has 1 nitrogen and oxygen atoms in total. The SMILES string of the molecule is Cc1c[c-]c(-c2cccc3cccnc23)cc1F.[Ir]. The molecule has 0 N–H and O–H groups in total. The molecular weight excluding hydrogens is 417 g/mol. The van der Waals surface area contributed by atoms with Gasteiger partial charge in [0.15, 0.2) is 0 Å². The molecule has 3 aromatic rings. The molecule has 0 atom stereocenters. The Morgan fingerprint density at radius 1 is 1.16 bits per heavy atom. The number of fused-ring (bicyclic) bond motifs is 1. The second-order valence-electron chi connectivity index (χ2n) is 4.26. The molecule has 0 aliphatic heterocycles. The van der Waals surface area contributed by atoms with Crippen molar-refractivity contribution in [1.82, 2.24) is 4.98 Å². The largest absolute Gasteiger partial charge is 0.266 e. The van der Waals surface area contributed by atoms with Gasteiger partial charge in [-0.1, -0.05) is 42.3 Å². The fourth-order valence-electron chi connectivity index (χ4n) is 2.01. The van der Waals surface area contributed by atoms with E-state index in [9.17, 15) is 4.39 Å². The van der Waals surface area contributed by atoms with Crippen molar-refractivity contribution < 1.29 is 24.5 Å². The third-order valence-electron chi connectivity index (χ3n) is 3.01. The normalized spacial score (nSPS) is 10.2. The van der Waals surface area contributed by atoms with Crippen molar-refractivity contribution >= 4 is 10.9 Å². The number of halogens is 1. The minimum Gasteiger partial charge on any atom is -0.266 e.